The molecule has 5 aromatic rings. The summed E-state index contributed by atoms with van der Waals surface area (Å²) in [6.07, 6.45) is 0. The molecule has 0 atom stereocenters. The van der Waals surface area contributed by atoms with Gasteiger partial charge in [0.05, 0.1) is 23.4 Å². The van der Waals surface area contributed by atoms with Crippen LogP contribution in [0.4, 0.5) is 28.4 Å². The summed E-state index contributed by atoms with van der Waals surface area (Å²) in [5.41, 5.74) is 3.14. The van der Waals surface area contributed by atoms with Gasteiger partial charge < -0.3 is 20.7 Å². The smallest absolute Gasteiger partial charge is 0.296 e. The van der Waals surface area contributed by atoms with Crippen LogP contribution in [0, 0.1) is 0 Å². The van der Waals surface area contributed by atoms with Crippen molar-refractivity contribution in [2.24, 2.45) is 20.5 Å². The molecule has 0 saturated heterocycles. The van der Waals surface area contributed by atoms with E-state index < -0.39 is 94.3 Å². The number of methoxy groups -OCH3 is 1. The monoisotopic (exact) mass is 783 g/mol. The Morgan fingerprint density at radius 3 is 1.78 bits per heavy atom. The molecule has 8 N–H and O–H groups in total. The molecule has 5 rings (SSSR count). The first-order valence-electron chi connectivity index (χ1n) is 13.3. The Morgan fingerprint density at radius 2 is 1.20 bits per heavy atom. The Balaban J connectivity index is 1.68. The minimum atomic E-state index is -5.16. The molecule has 268 valence electrons. The minimum absolute atomic E-state index is 0.00677. The summed E-state index contributed by atoms with van der Waals surface area (Å²) in [6, 6.07) is 9.61. The number of aromatic hydroxyl groups is 2. The Bertz CT molecular complexity index is 2820. The van der Waals surface area contributed by atoms with Crippen LogP contribution in [0.1, 0.15) is 0 Å². The van der Waals surface area contributed by atoms with E-state index in [0.717, 1.165) is 30.3 Å². The van der Waals surface area contributed by atoms with Crippen LogP contribution in [0.3, 0.4) is 0 Å². The fourth-order valence-corrected chi connectivity index (χ4v) is 7.25. The first kappa shape index (κ1) is 36.9. The van der Waals surface area contributed by atoms with E-state index in [1.54, 1.807) is 0 Å². The van der Waals surface area contributed by atoms with Gasteiger partial charge >= 0.3 is 0 Å². The number of rotatable bonds is 9. The molecule has 20 nitrogen and oxygen atoms in total. The van der Waals surface area contributed by atoms with E-state index in [2.05, 4.69) is 20.5 Å². The second-order valence-corrected chi connectivity index (χ2v) is 15.9. The molecular weight excluding hydrogens is 763 g/mol. The molecule has 0 bridgehead atoms. The normalized spacial score (nSPS) is 13.1. The van der Waals surface area contributed by atoms with Gasteiger partial charge in [0, 0.05) is 22.9 Å². The van der Waals surface area contributed by atoms with Crippen molar-refractivity contribution in [3.8, 4) is 17.2 Å². The number of nitrogens with two attached hydrogens (primary N) is 1. The van der Waals surface area contributed by atoms with E-state index >= 15 is 0 Å². The highest BCUT2D eigenvalue weighted by Crippen LogP contribution is 2.45. The minimum Gasteiger partial charge on any atom is -0.507 e. The Labute approximate surface area is 287 Å². The number of hydrogen-bond donors (Lipinski definition) is 7. The SMILES string of the molecule is COc1ccc(N=Nc2c(S(=O)(=O)O)cc3ccc(N=Nc4c(S(=O)(=O)O)cc5cc(S(=O)(=O)O)cc(O)c5c4N)cc3c2O)c(S(=O)(=O)O)c1. The van der Waals surface area contributed by atoms with Gasteiger partial charge in [-0.1, -0.05) is 6.07 Å². The second-order valence-electron chi connectivity index (χ2n) is 10.3. The summed E-state index contributed by atoms with van der Waals surface area (Å²) in [4.78, 5) is -3.58. The number of nitrogens with zero attached hydrogens (tertiary/aromatic N) is 4. The van der Waals surface area contributed by atoms with Crippen LogP contribution < -0.4 is 10.5 Å². The molecule has 0 fully saturated rings. The highest BCUT2D eigenvalue weighted by Gasteiger charge is 2.26. The second kappa shape index (κ2) is 12.8. The van der Waals surface area contributed by atoms with Gasteiger partial charge in [0.25, 0.3) is 40.5 Å². The average molecular weight is 784 g/mol. The largest absolute Gasteiger partial charge is 0.507 e. The maximum absolute atomic E-state index is 12.3. The number of nitrogen functional groups attached to an aromatic ring is 1. The lowest BCUT2D eigenvalue weighted by molar-refractivity contribution is 0.412. The van der Waals surface area contributed by atoms with Gasteiger partial charge in [0.1, 0.15) is 43.2 Å². The Kier molecular flexibility index (Phi) is 9.24. The molecule has 0 spiro atoms. The molecule has 0 amide bonds. The fourth-order valence-electron chi connectivity index (χ4n) is 4.75. The molecule has 0 aliphatic rings. The van der Waals surface area contributed by atoms with Crippen molar-refractivity contribution < 1.29 is 66.8 Å². The van der Waals surface area contributed by atoms with Gasteiger partial charge in [0.2, 0.25) is 0 Å². The van der Waals surface area contributed by atoms with E-state index in [-0.39, 0.29) is 33.0 Å². The first-order chi connectivity index (χ1) is 23.5. The third kappa shape index (κ3) is 7.42. The van der Waals surface area contributed by atoms with Crippen LogP contribution in [0.5, 0.6) is 17.2 Å². The van der Waals surface area contributed by atoms with E-state index in [1.165, 1.54) is 25.3 Å². The standard InChI is InChI=1S/C27H21N5O15S4/c1-47-15-4-5-18(20(10-15)49(38,39)40)30-32-26-22(51(44,45)46)7-12-2-3-14(9-17(12)27(26)34)29-31-25-21(50(41,42)43)8-13-6-16(48(35,36)37)11-19(33)23(13)24(25)28/h2-11,33-34H,28H2,1H3,(H,35,36,37)(H,38,39,40)(H,41,42,43)(H,44,45,46). The van der Waals surface area contributed by atoms with Crippen molar-refractivity contribution in [3.05, 3.63) is 60.7 Å². The molecule has 24 heteroatoms. The Morgan fingerprint density at radius 1 is 0.608 bits per heavy atom. The number of hydrogen-bond acceptors (Lipinski definition) is 16. The molecule has 51 heavy (non-hydrogen) atoms. The molecule has 5 aromatic carbocycles. The lowest BCUT2D eigenvalue weighted by Gasteiger charge is -2.12. The number of phenols is 2. The molecular formula is C27H21N5O15S4. The van der Waals surface area contributed by atoms with Gasteiger partial charge in [0.15, 0.2) is 5.75 Å². The van der Waals surface area contributed by atoms with Gasteiger partial charge in [-0.15, -0.1) is 15.3 Å². The number of fused-ring (bicyclic) bond motifs is 2. The highest BCUT2D eigenvalue weighted by molar-refractivity contribution is 7.86. The zero-order valence-corrected chi connectivity index (χ0v) is 28.4. The summed E-state index contributed by atoms with van der Waals surface area (Å²) in [7, 11) is -18.9. The fraction of sp³-hybridized carbons (Fsp3) is 0.0370. The number of anilines is 1. The summed E-state index contributed by atoms with van der Waals surface area (Å²) in [5.74, 6) is -1.76. The van der Waals surface area contributed by atoms with Crippen molar-refractivity contribution in [2.45, 2.75) is 19.6 Å². The van der Waals surface area contributed by atoms with Crippen LogP contribution in [0.2, 0.25) is 0 Å². The van der Waals surface area contributed by atoms with E-state index in [1.807, 2.05) is 0 Å². The van der Waals surface area contributed by atoms with E-state index in [4.69, 9.17) is 10.5 Å². The summed E-state index contributed by atoms with van der Waals surface area (Å²) in [6.45, 7) is 0. The third-order valence-electron chi connectivity index (χ3n) is 7.02. The van der Waals surface area contributed by atoms with Crippen molar-refractivity contribution in [3.63, 3.8) is 0 Å². The number of phenolic OH excluding ortho intramolecular Hbond substituents is 2. The lowest BCUT2D eigenvalue weighted by atomic mass is 10.1. The van der Waals surface area contributed by atoms with Crippen LogP contribution >= 0.6 is 0 Å². The molecule has 0 unspecified atom stereocenters. The Hall–Kier alpha value is -5.34. The number of ether oxygens (including phenoxy) is 1. The maximum atomic E-state index is 12.3. The maximum Gasteiger partial charge on any atom is 0.296 e. The highest BCUT2D eigenvalue weighted by atomic mass is 32.2. The molecule has 0 aliphatic heterocycles. The van der Waals surface area contributed by atoms with Gasteiger partial charge in [-0.25, -0.2) is 0 Å². The van der Waals surface area contributed by atoms with Gasteiger partial charge in [-0.2, -0.15) is 38.8 Å². The zero-order valence-electron chi connectivity index (χ0n) is 25.1. The van der Waals surface area contributed by atoms with Crippen molar-refractivity contribution in [1.29, 1.82) is 0 Å². The number of benzene rings is 5. The van der Waals surface area contributed by atoms with Crippen LogP contribution in [0.25, 0.3) is 21.5 Å². The summed E-state index contributed by atoms with van der Waals surface area (Å²) >= 11 is 0. The topological polar surface area (TPSA) is 343 Å². The quantitative estimate of drug-likeness (QED) is 0.0599. The van der Waals surface area contributed by atoms with Crippen molar-refractivity contribution in [1.82, 2.24) is 0 Å². The predicted molar refractivity (Wildman–Crippen MR) is 176 cm³/mol. The van der Waals surface area contributed by atoms with E-state index in [9.17, 15) is 62.1 Å². The predicted octanol–water partition coefficient (Wildman–Crippen LogP) is 4.81. The van der Waals surface area contributed by atoms with Crippen LogP contribution in [-0.4, -0.2) is 69.2 Å². The average Bonchev–Trinajstić information content (AvgIpc) is 3.01. The van der Waals surface area contributed by atoms with E-state index in [0.29, 0.717) is 12.1 Å². The molecule has 0 aromatic heterocycles. The van der Waals surface area contributed by atoms with Crippen molar-refractivity contribution >= 4 is 90.5 Å². The summed E-state index contributed by atoms with van der Waals surface area (Å²) in [5, 5.41) is 35.6. The molecule has 0 aliphatic carbocycles. The molecule has 0 radical (unpaired) electrons. The van der Waals surface area contributed by atoms with Crippen LogP contribution in [-0.2, 0) is 40.5 Å². The first-order valence-corrected chi connectivity index (χ1v) is 19.1. The molecule has 0 heterocycles. The van der Waals surface area contributed by atoms with Gasteiger partial charge in [-0.3, -0.25) is 18.2 Å². The zero-order chi connectivity index (χ0) is 37.8. The van der Waals surface area contributed by atoms with Crippen LogP contribution in [0.15, 0.2) is 101 Å². The molecule has 0 saturated carbocycles. The number of azo groups is 2. The summed E-state index contributed by atoms with van der Waals surface area (Å²) < 4.78 is 140. The van der Waals surface area contributed by atoms with Gasteiger partial charge in [-0.05, 0) is 53.2 Å². The lowest BCUT2D eigenvalue weighted by Crippen LogP contribution is -2.03. The third-order valence-corrected chi connectivity index (χ3v) is 10.5. The van der Waals surface area contributed by atoms with Crippen molar-refractivity contribution in [2.75, 3.05) is 12.8 Å².